The van der Waals surface area contributed by atoms with Gasteiger partial charge in [-0.3, -0.25) is 4.79 Å². The van der Waals surface area contributed by atoms with Crippen LogP contribution in [0, 0.1) is 5.92 Å². The number of carbonyl (C=O) groups is 1. The molecule has 0 saturated carbocycles. The Bertz CT molecular complexity index is 609. The highest BCUT2D eigenvalue weighted by atomic mass is 16.5. The van der Waals surface area contributed by atoms with Crippen molar-refractivity contribution in [1.82, 2.24) is 4.98 Å². The van der Waals surface area contributed by atoms with Crippen LogP contribution in [-0.4, -0.2) is 17.5 Å². The maximum absolute atomic E-state index is 12.0. The Labute approximate surface area is 124 Å². The summed E-state index contributed by atoms with van der Waals surface area (Å²) >= 11 is 0. The van der Waals surface area contributed by atoms with Gasteiger partial charge in [-0.1, -0.05) is 19.9 Å². The number of rotatable bonds is 5. The lowest BCUT2D eigenvalue weighted by Crippen LogP contribution is -2.13. The molecule has 0 aliphatic rings. The van der Waals surface area contributed by atoms with Gasteiger partial charge in [-0.05, 0) is 30.2 Å². The van der Waals surface area contributed by atoms with E-state index in [4.69, 9.17) is 10.5 Å². The number of nitrogens with zero attached hydrogens (tertiary/aromatic N) is 1. The molecule has 5 heteroatoms. The van der Waals surface area contributed by atoms with Crippen molar-refractivity contribution in [1.29, 1.82) is 0 Å². The second-order valence-corrected chi connectivity index (χ2v) is 5.16. The molecule has 0 fully saturated rings. The van der Waals surface area contributed by atoms with E-state index in [1.165, 1.54) is 6.20 Å². The third-order valence-electron chi connectivity index (χ3n) is 2.69. The Kier molecular flexibility index (Phi) is 4.77. The van der Waals surface area contributed by atoms with Gasteiger partial charge in [0.05, 0.1) is 18.5 Å². The van der Waals surface area contributed by atoms with E-state index in [-0.39, 0.29) is 5.91 Å². The van der Waals surface area contributed by atoms with Crippen molar-refractivity contribution < 1.29 is 9.53 Å². The second-order valence-electron chi connectivity index (χ2n) is 5.16. The molecule has 2 aromatic rings. The topological polar surface area (TPSA) is 77.2 Å². The normalized spacial score (nSPS) is 10.4. The molecule has 0 saturated heterocycles. The van der Waals surface area contributed by atoms with Gasteiger partial charge in [0.1, 0.15) is 11.4 Å². The van der Waals surface area contributed by atoms with Crippen molar-refractivity contribution in [3.8, 4) is 5.75 Å². The van der Waals surface area contributed by atoms with E-state index in [9.17, 15) is 4.79 Å². The number of nitrogens with one attached hydrogen (secondary N) is 1. The highest BCUT2D eigenvalue weighted by molar-refractivity contribution is 6.03. The zero-order valence-corrected chi connectivity index (χ0v) is 12.2. The summed E-state index contributed by atoms with van der Waals surface area (Å²) in [6, 6.07) is 10.5. The number of hydrogen-bond donors (Lipinski definition) is 2. The molecule has 2 rings (SSSR count). The van der Waals surface area contributed by atoms with Crippen molar-refractivity contribution >= 4 is 17.3 Å². The number of amides is 1. The molecule has 1 heterocycles. The minimum Gasteiger partial charge on any atom is -0.493 e. The minimum absolute atomic E-state index is 0.281. The largest absolute Gasteiger partial charge is 0.493 e. The van der Waals surface area contributed by atoms with Crippen molar-refractivity contribution in [2.75, 3.05) is 17.7 Å². The Morgan fingerprint density at radius 2 is 2.14 bits per heavy atom. The monoisotopic (exact) mass is 285 g/mol. The average molecular weight is 285 g/mol. The molecule has 0 bridgehead atoms. The molecule has 110 valence electrons. The van der Waals surface area contributed by atoms with Crippen LogP contribution in [0.3, 0.4) is 0 Å². The van der Waals surface area contributed by atoms with Gasteiger partial charge in [-0.25, -0.2) is 4.98 Å². The first-order valence-corrected chi connectivity index (χ1v) is 6.80. The maximum Gasteiger partial charge on any atom is 0.274 e. The molecule has 1 amide bonds. The Morgan fingerprint density at radius 3 is 2.81 bits per heavy atom. The van der Waals surface area contributed by atoms with Gasteiger partial charge in [-0.2, -0.15) is 0 Å². The fourth-order valence-electron chi connectivity index (χ4n) is 1.66. The first kappa shape index (κ1) is 14.8. The first-order valence-electron chi connectivity index (χ1n) is 6.80. The summed E-state index contributed by atoms with van der Waals surface area (Å²) in [7, 11) is 0. The lowest BCUT2D eigenvalue weighted by atomic mass is 10.2. The maximum atomic E-state index is 12.0. The number of anilines is 2. The number of nitrogens with two attached hydrogens (primary N) is 1. The number of nitrogen functional groups attached to an aromatic ring is 1. The van der Waals surface area contributed by atoms with E-state index >= 15 is 0 Å². The predicted octanol–water partition coefficient (Wildman–Crippen LogP) is 2.95. The summed E-state index contributed by atoms with van der Waals surface area (Å²) in [5, 5.41) is 2.78. The fourth-order valence-corrected chi connectivity index (χ4v) is 1.66. The van der Waals surface area contributed by atoms with E-state index < -0.39 is 0 Å². The molecular formula is C16H19N3O2. The van der Waals surface area contributed by atoms with Crippen LogP contribution in [-0.2, 0) is 0 Å². The number of hydrogen-bond acceptors (Lipinski definition) is 4. The summed E-state index contributed by atoms with van der Waals surface area (Å²) in [5.41, 5.74) is 7.05. The molecular weight excluding hydrogens is 266 g/mol. The molecule has 0 aliphatic heterocycles. The van der Waals surface area contributed by atoms with E-state index in [0.717, 1.165) is 5.75 Å². The van der Waals surface area contributed by atoms with Crippen LogP contribution in [0.1, 0.15) is 24.3 Å². The lowest BCUT2D eigenvalue weighted by Gasteiger charge is -2.10. The third-order valence-corrected chi connectivity index (χ3v) is 2.69. The summed E-state index contributed by atoms with van der Waals surface area (Å²) in [4.78, 5) is 16.0. The summed E-state index contributed by atoms with van der Waals surface area (Å²) in [6.07, 6.45) is 1.46. The van der Waals surface area contributed by atoms with Crippen molar-refractivity contribution in [3.05, 3.63) is 48.3 Å². The fraction of sp³-hybridized carbons (Fsp3) is 0.250. The van der Waals surface area contributed by atoms with Crippen LogP contribution in [0.5, 0.6) is 5.75 Å². The van der Waals surface area contributed by atoms with Crippen LogP contribution in [0.25, 0.3) is 0 Å². The highest BCUT2D eigenvalue weighted by Gasteiger charge is 2.08. The van der Waals surface area contributed by atoms with Crippen LogP contribution in [0.4, 0.5) is 11.4 Å². The Hall–Kier alpha value is -2.56. The van der Waals surface area contributed by atoms with Crippen molar-refractivity contribution in [3.63, 3.8) is 0 Å². The molecule has 3 N–H and O–H groups in total. The van der Waals surface area contributed by atoms with Gasteiger partial charge in [0.25, 0.3) is 5.91 Å². The van der Waals surface area contributed by atoms with Crippen molar-refractivity contribution in [2.45, 2.75) is 13.8 Å². The Balaban J connectivity index is 2.03. The predicted molar refractivity (Wildman–Crippen MR) is 83.4 cm³/mol. The minimum atomic E-state index is -0.281. The Morgan fingerprint density at radius 1 is 1.33 bits per heavy atom. The molecule has 0 unspecified atom stereocenters. The van der Waals surface area contributed by atoms with Crippen LogP contribution >= 0.6 is 0 Å². The van der Waals surface area contributed by atoms with E-state index in [1.807, 2.05) is 12.1 Å². The van der Waals surface area contributed by atoms with Crippen molar-refractivity contribution in [2.24, 2.45) is 5.92 Å². The number of benzene rings is 1. The molecule has 0 spiro atoms. The quantitative estimate of drug-likeness (QED) is 0.885. The van der Waals surface area contributed by atoms with E-state index in [2.05, 4.69) is 24.1 Å². The van der Waals surface area contributed by atoms with E-state index in [0.29, 0.717) is 29.6 Å². The molecule has 21 heavy (non-hydrogen) atoms. The lowest BCUT2D eigenvalue weighted by molar-refractivity contribution is 0.102. The van der Waals surface area contributed by atoms with Gasteiger partial charge in [0.2, 0.25) is 0 Å². The number of aromatic nitrogens is 1. The number of pyridine rings is 1. The van der Waals surface area contributed by atoms with Gasteiger partial charge >= 0.3 is 0 Å². The molecule has 5 nitrogen and oxygen atoms in total. The molecule has 0 aliphatic carbocycles. The molecule has 1 aromatic heterocycles. The average Bonchev–Trinajstić information content (AvgIpc) is 2.46. The van der Waals surface area contributed by atoms with Gasteiger partial charge in [0, 0.05) is 11.8 Å². The zero-order chi connectivity index (χ0) is 15.2. The molecule has 1 aromatic carbocycles. The highest BCUT2D eigenvalue weighted by Crippen LogP contribution is 2.18. The first-order chi connectivity index (χ1) is 10.0. The van der Waals surface area contributed by atoms with Gasteiger partial charge in [-0.15, -0.1) is 0 Å². The molecule has 0 radical (unpaired) electrons. The number of ether oxygens (including phenoxy) is 1. The standard InChI is InChI=1S/C16H19N3O2/c1-11(2)10-21-14-5-3-4-13(8-14)19-16(20)15-7-6-12(17)9-18-15/h3-9,11H,10,17H2,1-2H3,(H,19,20). The number of carbonyl (C=O) groups excluding carboxylic acids is 1. The van der Waals surface area contributed by atoms with Gasteiger partial charge < -0.3 is 15.8 Å². The zero-order valence-electron chi connectivity index (χ0n) is 12.2. The van der Waals surface area contributed by atoms with Gasteiger partial charge in [0.15, 0.2) is 0 Å². The third kappa shape index (κ3) is 4.49. The molecule has 0 atom stereocenters. The van der Waals surface area contributed by atoms with Crippen LogP contribution in [0.15, 0.2) is 42.6 Å². The smallest absolute Gasteiger partial charge is 0.274 e. The second kappa shape index (κ2) is 6.74. The summed E-state index contributed by atoms with van der Waals surface area (Å²) in [5.74, 6) is 0.894. The summed E-state index contributed by atoms with van der Waals surface area (Å²) < 4.78 is 5.63. The van der Waals surface area contributed by atoms with Crippen LogP contribution in [0.2, 0.25) is 0 Å². The van der Waals surface area contributed by atoms with Crippen LogP contribution < -0.4 is 15.8 Å². The SMILES string of the molecule is CC(C)COc1cccc(NC(=O)c2ccc(N)cn2)c1. The van der Waals surface area contributed by atoms with E-state index in [1.54, 1.807) is 24.3 Å². The summed E-state index contributed by atoms with van der Waals surface area (Å²) in [6.45, 7) is 4.80.